The van der Waals surface area contributed by atoms with Gasteiger partial charge in [0.1, 0.15) is 0 Å². The smallest absolute Gasteiger partial charge is 0.232 e. The van der Waals surface area contributed by atoms with Gasteiger partial charge in [0.2, 0.25) is 11.8 Å². The van der Waals surface area contributed by atoms with Crippen LogP contribution in [-0.2, 0) is 23.1 Å². The number of nitrogens with zero attached hydrogens (tertiary/aromatic N) is 3. The highest BCUT2D eigenvalue weighted by Gasteiger charge is 2.38. The highest BCUT2D eigenvalue weighted by atomic mass is 16.2. The van der Waals surface area contributed by atoms with Crippen molar-refractivity contribution in [1.82, 2.24) is 15.1 Å². The maximum Gasteiger partial charge on any atom is 0.232 e. The van der Waals surface area contributed by atoms with E-state index in [-0.39, 0.29) is 23.7 Å². The molecule has 0 bridgehead atoms. The van der Waals surface area contributed by atoms with Gasteiger partial charge in [0.15, 0.2) is 0 Å². The van der Waals surface area contributed by atoms with Crippen LogP contribution in [0.2, 0.25) is 0 Å². The normalized spacial score (nSPS) is 21.8. The van der Waals surface area contributed by atoms with Crippen molar-refractivity contribution in [3.8, 4) is 0 Å². The third-order valence-electron chi connectivity index (χ3n) is 5.51. The molecule has 27 heavy (non-hydrogen) atoms. The number of nitrogens with one attached hydrogen (secondary N) is 2. The summed E-state index contributed by atoms with van der Waals surface area (Å²) in [6, 6.07) is 5.80. The van der Waals surface area contributed by atoms with Crippen LogP contribution >= 0.6 is 0 Å². The van der Waals surface area contributed by atoms with E-state index < -0.39 is 0 Å². The van der Waals surface area contributed by atoms with E-state index in [9.17, 15) is 9.59 Å². The fourth-order valence-electron chi connectivity index (χ4n) is 4.28. The van der Waals surface area contributed by atoms with Crippen LogP contribution < -0.4 is 15.5 Å². The Labute approximate surface area is 158 Å². The third-order valence-corrected chi connectivity index (χ3v) is 5.51. The molecule has 2 N–H and O–H groups in total. The Morgan fingerprint density at radius 3 is 2.89 bits per heavy atom. The van der Waals surface area contributed by atoms with Crippen LogP contribution in [0.3, 0.4) is 0 Å². The lowest BCUT2D eigenvalue weighted by Gasteiger charge is -2.33. The standard InChI is InChI=1S/C20H25N5O2/c1-13(26)23-18-6-3-7-19-15(18)5-4-8-25(19)20(27)17-11-21-10-16(17)14-9-22-24(2)12-14/h3,6-7,9,12,16-17,21H,4-5,8,10-11H2,1-2H3,(H,23,26)/t16-,17+/m1/s1. The zero-order valence-electron chi connectivity index (χ0n) is 15.7. The fraction of sp³-hybridized carbons (Fsp3) is 0.450. The zero-order valence-corrected chi connectivity index (χ0v) is 15.7. The van der Waals surface area contributed by atoms with E-state index in [0.29, 0.717) is 13.1 Å². The Balaban J connectivity index is 1.63. The summed E-state index contributed by atoms with van der Waals surface area (Å²) in [7, 11) is 1.90. The number of hydrogen-bond donors (Lipinski definition) is 2. The summed E-state index contributed by atoms with van der Waals surface area (Å²) in [4.78, 5) is 26.9. The first-order chi connectivity index (χ1) is 13.0. The first-order valence-corrected chi connectivity index (χ1v) is 9.44. The van der Waals surface area contributed by atoms with Crippen molar-refractivity contribution in [2.45, 2.75) is 25.7 Å². The van der Waals surface area contributed by atoms with Gasteiger partial charge < -0.3 is 15.5 Å². The van der Waals surface area contributed by atoms with Crippen LogP contribution in [0.4, 0.5) is 11.4 Å². The summed E-state index contributed by atoms with van der Waals surface area (Å²) in [5.74, 6) is 0.0814. The maximum absolute atomic E-state index is 13.5. The summed E-state index contributed by atoms with van der Waals surface area (Å²) in [5.41, 5.74) is 3.89. The Bertz CT molecular complexity index is 875. The second kappa shape index (κ2) is 7.15. The molecule has 4 rings (SSSR count). The number of rotatable bonds is 3. The van der Waals surface area contributed by atoms with Gasteiger partial charge in [-0.25, -0.2) is 0 Å². The molecule has 7 nitrogen and oxygen atoms in total. The minimum absolute atomic E-state index is 0.0940. The van der Waals surface area contributed by atoms with Crippen molar-refractivity contribution >= 4 is 23.2 Å². The molecule has 2 aromatic rings. The Morgan fingerprint density at radius 1 is 1.30 bits per heavy atom. The second-order valence-corrected chi connectivity index (χ2v) is 7.40. The molecule has 1 aromatic carbocycles. The Hall–Kier alpha value is -2.67. The molecule has 1 fully saturated rings. The van der Waals surface area contributed by atoms with E-state index in [1.165, 1.54) is 6.92 Å². The van der Waals surface area contributed by atoms with E-state index in [4.69, 9.17) is 0 Å². The van der Waals surface area contributed by atoms with Crippen molar-refractivity contribution in [1.29, 1.82) is 0 Å². The van der Waals surface area contributed by atoms with Gasteiger partial charge in [0.25, 0.3) is 0 Å². The monoisotopic (exact) mass is 367 g/mol. The number of anilines is 2. The number of fused-ring (bicyclic) bond motifs is 1. The molecule has 3 heterocycles. The van der Waals surface area contributed by atoms with Crippen molar-refractivity contribution in [2.24, 2.45) is 13.0 Å². The lowest BCUT2D eigenvalue weighted by atomic mass is 9.88. The summed E-state index contributed by atoms with van der Waals surface area (Å²) in [6.07, 6.45) is 5.62. The fourth-order valence-corrected chi connectivity index (χ4v) is 4.28. The van der Waals surface area contributed by atoms with Crippen LogP contribution in [0.15, 0.2) is 30.6 Å². The van der Waals surface area contributed by atoms with Crippen LogP contribution in [0, 0.1) is 5.92 Å². The number of aryl methyl sites for hydroxylation is 1. The molecule has 2 amide bonds. The van der Waals surface area contributed by atoms with E-state index in [1.54, 1.807) is 4.68 Å². The number of aromatic nitrogens is 2. The highest BCUT2D eigenvalue weighted by Crippen LogP contribution is 2.36. The van der Waals surface area contributed by atoms with Crippen LogP contribution in [0.1, 0.15) is 30.4 Å². The molecule has 7 heteroatoms. The number of benzene rings is 1. The molecule has 0 radical (unpaired) electrons. The van der Waals surface area contributed by atoms with Crippen LogP contribution in [0.5, 0.6) is 0 Å². The summed E-state index contributed by atoms with van der Waals surface area (Å²) in [5, 5.41) is 10.5. The maximum atomic E-state index is 13.5. The van der Waals surface area contributed by atoms with Crippen molar-refractivity contribution in [3.63, 3.8) is 0 Å². The van der Waals surface area contributed by atoms with Crippen molar-refractivity contribution in [2.75, 3.05) is 29.9 Å². The first-order valence-electron chi connectivity index (χ1n) is 9.44. The molecule has 0 unspecified atom stereocenters. The summed E-state index contributed by atoms with van der Waals surface area (Å²) >= 11 is 0. The SMILES string of the molecule is CC(=O)Nc1cccc2c1CCCN2C(=O)[C@H]1CNC[C@@H]1c1cnn(C)c1. The molecular weight excluding hydrogens is 342 g/mol. The lowest BCUT2D eigenvalue weighted by molar-refractivity contribution is -0.122. The van der Waals surface area contributed by atoms with Gasteiger partial charge in [0.05, 0.1) is 12.1 Å². The predicted octanol–water partition coefficient (Wildman–Crippen LogP) is 1.66. The van der Waals surface area contributed by atoms with E-state index in [1.807, 2.05) is 42.5 Å². The Morgan fingerprint density at radius 2 is 2.15 bits per heavy atom. The molecule has 0 saturated carbocycles. The van der Waals surface area contributed by atoms with Crippen molar-refractivity contribution in [3.05, 3.63) is 41.7 Å². The van der Waals surface area contributed by atoms with Crippen LogP contribution in [-0.4, -0.2) is 41.2 Å². The molecule has 1 aromatic heterocycles. The minimum atomic E-state index is -0.107. The average Bonchev–Trinajstić information content (AvgIpc) is 3.29. The second-order valence-electron chi connectivity index (χ2n) is 7.40. The molecule has 2 atom stereocenters. The van der Waals surface area contributed by atoms with Gasteiger partial charge in [-0.15, -0.1) is 0 Å². The largest absolute Gasteiger partial charge is 0.326 e. The number of carbonyl (C=O) groups excluding carboxylic acids is 2. The minimum Gasteiger partial charge on any atom is -0.326 e. The molecule has 0 spiro atoms. The van der Waals surface area contributed by atoms with E-state index in [0.717, 1.165) is 41.9 Å². The molecular formula is C20H25N5O2. The molecule has 2 aliphatic rings. The first kappa shape index (κ1) is 17.7. The van der Waals surface area contributed by atoms with E-state index >= 15 is 0 Å². The predicted molar refractivity (Wildman–Crippen MR) is 104 cm³/mol. The quantitative estimate of drug-likeness (QED) is 0.865. The topological polar surface area (TPSA) is 79.3 Å². The zero-order chi connectivity index (χ0) is 19.0. The number of hydrogen-bond acceptors (Lipinski definition) is 4. The van der Waals surface area contributed by atoms with Crippen LogP contribution in [0.25, 0.3) is 0 Å². The summed E-state index contributed by atoms with van der Waals surface area (Å²) in [6.45, 7) is 3.68. The van der Waals surface area contributed by atoms with Crippen molar-refractivity contribution < 1.29 is 9.59 Å². The van der Waals surface area contributed by atoms with Gasteiger partial charge in [-0.1, -0.05) is 6.07 Å². The third kappa shape index (κ3) is 3.35. The lowest BCUT2D eigenvalue weighted by Crippen LogP contribution is -2.42. The van der Waals surface area contributed by atoms with Gasteiger partial charge in [0, 0.05) is 57.1 Å². The Kier molecular flexibility index (Phi) is 4.70. The molecule has 2 aliphatic heterocycles. The molecule has 1 saturated heterocycles. The molecule has 0 aliphatic carbocycles. The van der Waals surface area contributed by atoms with Gasteiger partial charge in [-0.05, 0) is 36.1 Å². The summed E-state index contributed by atoms with van der Waals surface area (Å²) < 4.78 is 1.78. The highest BCUT2D eigenvalue weighted by molar-refractivity contribution is 5.99. The van der Waals surface area contributed by atoms with Gasteiger partial charge in [-0.2, -0.15) is 5.10 Å². The van der Waals surface area contributed by atoms with Gasteiger partial charge >= 0.3 is 0 Å². The van der Waals surface area contributed by atoms with E-state index in [2.05, 4.69) is 15.7 Å². The average molecular weight is 367 g/mol. The van der Waals surface area contributed by atoms with Gasteiger partial charge in [-0.3, -0.25) is 14.3 Å². The number of carbonyl (C=O) groups is 2. The molecule has 142 valence electrons. The number of amides is 2.